The van der Waals surface area contributed by atoms with E-state index in [1.54, 1.807) is 42.5 Å². The quantitative estimate of drug-likeness (QED) is 0.583. The lowest BCUT2D eigenvalue weighted by molar-refractivity contribution is 0.711. The summed E-state index contributed by atoms with van der Waals surface area (Å²) in [5, 5.41) is 0. The van der Waals surface area contributed by atoms with Gasteiger partial charge in [0, 0.05) is 11.0 Å². The van der Waals surface area contributed by atoms with Crippen molar-refractivity contribution in [3.8, 4) is 0 Å². The summed E-state index contributed by atoms with van der Waals surface area (Å²) >= 11 is 0. The van der Waals surface area contributed by atoms with E-state index in [1.165, 1.54) is 0 Å². The van der Waals surface area contributed by atoms with Gasteiger partial charge in [-0.15, -0.1) is 0 Å². The van der Waals surface area contributed by atoms with Crippen molar-refractivity contribution in [2.75, 3.05) is 0 Å². The molecule has 4 bridgehead atoms. The van der Waals surface area contributed by atoms with Crippen LogP contribution in [-0.4, -0.2) is 0 Å². The lowest BCUT2D eigenvalue weighted by Gasteiger charge is -2.15. The summed E-state index contributed by atoms with van der Waals surface area (Å²) in [4.78, 5) is 0. The van der Waals surface area contributed by atoms with Crippen LogP contribution in [0.1, 0.15) is 84.2 Å². The lowest BCUT2D eigenvalue weighted by atomic mass is 9.90. The fraction of sp³-hybridized carbons (Fsp3) is 0.478. The van der Waals surface area contributed by atoms with Crippen LogP contribution in [0.5, 0.6) is 0 Å². The Morgan fingerprint density at radius 1 is 0.696 bits per heavy atom. The van der Waals surface area contributed by atoms with Crippen LogP contribution in [0.2, 0.25) is 0 Å². The molecule has 0 aromatic heterocycles. The highest BCUT2D eigenvalue weighted by Gasteiger charge is 2.09. The summed E-state index contributed by atoms with van der Waals surface area (Å²) in [6, 6.07) is 11.2. The maximum absolute atomic E-state index is 8.67. The number of hydrogen-bond acceptors (Lipinski definition) is 0. The Hall–Kier alpha value is -1.56. The second-order valence-corrected chi connectivity index (χ2v) is 6.24. The van der Waals surface area contributed by atoms with Crippen LogP contribution in [-0.2, 0) is 25.5 Å². The van der Waals surface area contributed by atoms with Crippen molar-refractivity contribution in [1.29, 1.82) is 0 Å². The number of benzene rings is 2. The van der Waals surface area contributed by atoms with Crippen LogP contribution >= 0.6 is 0 Å². The predicted octanol–water partition coefficient (Wildman–Crippen LogP) is 6.25. The normalized spacial score (nSPS) is 30.0. The van der Waals surface area contributed by atoms with E-state index in [1.807, 2.05) is 13.8 Å². The molecule has 2 aromatic carbocycles. The van der Waals surface area contributed by atoms with Crippen molar-refractivity contribution in [2.45, 2.75) is 70.9 Å². The Kier molecular flexibility index (Phi) is 3.08. The molecule has 0 heteroatoms. The maximum atomic E-state index is 8.67. The molecule has 6 rings (SSSR count). The van der Waals surface area contributed by atoms with Gasteiger partial charge >= 0.3 is 0 Å². The van der Waals surface area contributed by atoms with Gasteiger partial charge < -0.3 is 0 Å². The topological polar surface area (TPSA) is 0 Å². The molecule has 4 aliphatic rings. The zero-order valence-electron chi connectivity index (χ0n) is 21.9. The largest absolute Gasteiger partial charge is 0.0588 e. The van der Waals surface area contributed by atoms with Crippen molar-refractivity contribution >= 4 is 0 Å². The Balaban J connectivity index is 2.14. The summed E-state index contributed by atoms with van der Waals surface area (Å²) in [7, 11) is 0. The van der Waals surface area contributed by atoms with Gasteiger partial charge in [0.2, 0.25) is 0 Å². The summed E-state index contributed by atoms with van der Waals surface area (Å²) in [5.74, 6) is -0.0327. The molecule has 0 aliphatic heterocycles. The Labute approximate surface area is 153 Å². The standard InChI is InChI=1S/C23H30/c1-18(2)23-17-21-9-4-3-7-19-11-13-20(14-12-19)8-5-6-10-22(23)16-15-21/h11-18H,3-10H2,1-2H3/i7D2,8D2,9D2,10D2. The van der Waals surface area contributed by atoms with Crippen LogP contribution in [0.4, 0.5) is 0 Å². The van der Waals surface area contributed by atoms with Crippen LogP contribution in [0.15, 0.2) is 42.5 Å². The van der Waals surface area contributed by atoms with E-state index in [9.17, 15) is 0 Å². The highest BCUT2D eigenvalue weighted by Crippen LogP contribution is 2.24. The fourth-order valence-electron chi connectivity index (χ4n) is 2.83. The first kappa shape index (κ1) is 9.06. The van der Waals surface area contributed by atoms with Gasteiger partial charge in [-0.05, 0) is 84.9 Å². The zero-order chi connectivity index (χ0) is 23.2. The van der Waals surface area contributed by atoms with E-state index < -0.39 is 25.5 Å². The van der Waals surface area contributed by atoms with Crippen LogP contribution in [0, 0.1) is 0 Å². The minimum atomic E-state index is -1.76. The Morgan fingerprint density at radius 3 is 1.74 bits per heavy atom. The molecule has 0 saturated heterocycles. The van der Waals surface area contributed by atoms with E-state index in [0.29, 0.717) is 27.8 Å². The maximum Gasteiger partial charge on any atom is 0.0316 e. The van der Waals surface area contributed by atoms with E-state index >= 15 is 0 Å². The van der Waals surface area contributed by atoms with Gasteiger partial charge in [-0.3, -0.25) is 0 Å². The zero-order valence-corrected chi connectivity index (χ0v) is 13.9. The van der Waals surface area contributed by atoms with Crippen LogP contribution < -0.4 is 0 Å². The number of rotatable bonds is 1. The Morgan fingerprint density at radius 2 is 1.17 bits per heavy atom. The molecule has 0 spiro atoms. The Bertz CT molecular complexity index is 929. The van der Waals surface area contributed by atoms with Gasteiger partial charge in [-0.1, -0.05) is 56.3 Å². The van der Waals surface area contributed by atoms with Gasteiger partial charge in [0.1, 0.15) is 0 Å². The van der Waals surface area contributed by atoms with Crippen molar-refractivity contribution in [3.63, 3.8) is 0 Å². The molecular weight excluding hydrogens is 276 g/mol. The minimum Gasteiger partial charge on any atom is -0.0588 e. The molecule has 0 atom stereocenters. The van der Waals surface area contributed by atoms with Gasteiger partial charge in [0.05, 0.1) is 0 Å². The van der Waals surface area contributed by atoms with Gasteiger partial charge in [0.15, 0.2) is 0 Å². The van der Waals surface area contributed by atoms with Gasteiger partial charge in [-0.2, -0.15) is 0 Å². The average molecular weight is 315 g/mol. The molecule has 0 nitrogen and oxygen atoms in total. The third kappa shape index (κ3) is 4.47. The first-order chi connectivity index (χ1) is 14.2. The second kappa shape index (κ2) is 7.81. The first-order valence-corrected chi connectivity index (χ1v) is 8.42. The van der Waals surface area contributed by atoms with Crippen molar-refractivity contribution < 1.29 is 11.0 Å². The summed E-state index contributed by atoms with van der Waals surface area (Å²) in [5.41, 5.74) is 2.39. The van der Waals surface area contributed by atoms with E-state index in [2.05, 4.69) is 0 Å². The molecule has 2 aromatic rings. The van der Waals surface area contributed by atoms with E-state index in [4.69, 9.17) is 11.0 Å². The lowest BCUT2D eigenvalue weighted by Crippen LogP contribution is -2.00. The highest BCUT2D eigenvalue weighted by molar-refractivity contribution is 5.34. The molecule has 0 amide bonds. The van der Waals surface area contributed by atoms with Gasteiger partial charge in [0.25, 0.3) is 0 Å². The number of aryl methyl sites for hydroxylation is 4. The highest BCUT2D eigenvalue weighted by atomic mass is 14.1. The molecule has 0 unspecified atom stereocenters. The molecule has 122 valence electrons. The summed E-state index contributed by atoms with van der Waals surface area (Å²) in [6.07, 6.45) is -7.08. The molecule has 0 N–H and O–H groups in total. The SMILES string of the molecule is [2H]C1([2H])CCC([2H])([2H])c2ccc(c(C(C)C)c2)C([2H])([2H])CCC([2H])([2H])c2ccc1cc2. The summed E-state index contributed by atoms with van der Waals surface area (Å²) in [6.45, 7) is 3.87. The molecule has 0 saturated carbocycles. The average Bonchev–Trinajstić information content (AvgIpc) is 2.70. The van der Waals surface area contributed by atoms with E-state index in [-0.39, 0.29) is 31.6 Å². The summed E-state index contributed by atoms with van der Waals surface area (Å²) < 4.78 is 68.3. The van der Waals surface area contributed by atoms with Crippen molar-refractivity contribution in [3.05, 3.63) is 70.3 Å². The second-order valence-electron chi connectivity index (χ2n) is 6.24. The number of hydrogen-bond donors (Lipinski definition) is 0. The van der Waals surface area contributed by atoms with Gasteiger partial charge in [-0.25, -0.2) is 0 Å². The third-order valence-electron chi connectivity index (χ3n) is 4.11. The monoisotopic (exact) mass is 314 g/mol. The predicted molar refractivity (Wildman–Crippen MR) is 100 cm³/mol. The first-order valence-electron chi connectivity index (χ1n) is 12.4. The van der Waals surface area contributed by atoms with Crippen molar-refractivity contribution in [2.24, 2.45) is 0 Å². The molecular formula is C23H30. The fourth-order valence-corrected chi connectivity index (χ4v) is 2.83. The molecule has 4 aliphatic carbocycles. The van der Waals surface area contributed by atoms with Crippen LogP contribution in [0.3, 0.4) is 0 Å². The van der Waals surface area contributed by atoms with E-state index in [0.717, 1.165) is 0 Å². The van der Waals surface area contributed by atoms with Crippen molar-refractivity contribution in [1.82, 2.24) is 0 Å². The smallest absolute Gasteiger partial charge is 0.0316 e. The molecule has 23 heavy (non-hydrogen) atoms. The third-order valence-corrected chi connectivity index (χ3v) is 4.11. The minimum absolute atomic E-state index is 0.0193. The molecule has 0 fully saturated rings. The van der Waals surface area contributed by atoms with Crippen LogP contribution in [0.25, 0.3) is 0 Å². The molecule has 0 heterocycles. The molecule has 0 radical (unpaired) electrons.